The molecule has 1 aliphatic rings. The van der Waals surface area contributed by atoms with Gasteiger partial charge in [-0.15, -0.1) is 0 Å². The molecule has 1 unspecified atom stereocenters. The highest BCUT2D eigenvalue weighted by molar-refractivity contribution is 5.83. The first kappa shape index (κ1) is 20.6. The molecule has 0 radical (unpaired) electrons. The molecule has 4 nitrogen and oxygen atoms in total. The van der Waals surface area contributed by atoms with Gasteiger partial charge in [-0.25, -0.2) is 9.37 Å². The molecular weight excluding hydrogens is 379 g/mol. The van der Waals surface area contributed by atoms with Crippen molar-refractivity contribution in [3.05, 3.63) is 54.3 Å². The van der Waals surface area contributed by atoms with Gasteiger partial charge >= 0.3 is 5.97 Å². The maximum Gasteiger partial charge on any atom is 0.326 e. The number of fused-ring (bicyclic) bond motifs is 1. The monoisotopic (exact) mass is 408 g/mol. The molecule has 0 N–H and O–H groups in total. The van der Waals surface area contributed by atoms with E-state index in [0.717, 1.165) is 23.9 Å². The summed E-state index contributed by atoms with van der Waals surface area (Å²) < 4.78 is 21.7. The Kier molecular flexibility index (Phi) is 5.89. The van der Waals surface area contributed by atoms with Crippen molar-refractivity contribution in [2.75, 3.05) is 0 Å². The lowest BCUT2D eigenvalue weighted by molar-refractivity contribution is -0.156. The third kappa shape index (κ3) is 4.25. The third-order valence-electron chi connectivity index (χ3n) is 6.27. The van der Waals surface area contributed by atoms with Crippen molar-refractivity contribution >= 4 is 17.0 Å². The average molecular weight is 409 g/mol. The Hall–Kier alpha value is -2.69. The molecule has 1 heterocycles. The minimum absolute atomic E-state index is 0.0475. The van der Waals surface area contributed by atoms with Gasteiger partial charge in [0.2, 0.25) is 0 Å². The summed E-state index contributed by atoms with van der Waals surface area (Å²) in [6.07, 6.45) is 3.15. The van der Waals surface area contributed by atoms with E-state index >= 15 is 0 Å². The SMILES string of the molecule is CC(C)C1CC[C@@H](C)C[C@H]1OC(=O)Cn1c(-c2cccc(F)c2)nc2ccccc21. The van der Waals surface area contributed by atoms with Gasteiger partial charge in [0.05, 0.1) is 11.0 Å². The Labute approximate surface area is 177 Å². The van der Waals surface area contributed by atoms with Gasteiger partial charge in [0.15, 0.2) is 0 Å². The van der Waals surface area contributed by atoms with Crippen molar-refractivity contribution in [1.29, 1.82) is 0 Å². The van der Waals surface area contributed by atoms with Crippen LogP contribution in [0.4, 0.5) is 4.39 Å². The average Bonchev–Trinajstić information content (AvgIpc) is 3.06. The second kappa shape index (κ2) is 8.58. The molecule has 1 aliphatic carbocycles. The lowest BCUT2D eigenvalue weighted by Crippen LogP contribution is -2.36. The molecule has 1 fully saturated rings. The summed E-state index contributed by atoms with van der Waals surface area (Å²) in [5.74, 6) is 1.42. The molecule has 0 bridgehead atoms. The zero-order chi connectivity index (χ0) is 21.3. The predicted octanol–water partition coefficient (Wildman–Crippen LogP) is 5.85. The Balaban J connectivity index is 1.63. The van der Waals surface area contributed by atoms with E-state index in [1.165, 1.54) is 18.6 Å². The van der Waals surface area contributed by atoms with Crippen molar-refractivity contribution < 1.29 is 13.9 Å². The molecule has 2 aromatic carbocycles. The van der Waals surface area contributed by atoms with Gasteiger partial charge in [-0.05, 0) is 54.9 Å². The molecule has 3 aromatic rings. The van der Waals surface area contributed by atoms with Crippen LogP contribution in [-0.4, -0.2) is 21.6 Å². The summed E-state index contributed by atoms with van der Waals surface area (Å²) in [6.45, 7) is 6.69. The third-order valence-corrected chi connectivity index (χ3v) is 6.27. The van der Waals surface area contributed by atoms with Crippen LogP contribution in [0.3, 0.4) is 0 Å². The minimum atomic E-state index is -0.329. The summed E-state index contributed by atoms with van der Waals surface area (Å²) in [5, 5.41) is 0. The summed E-state index contributed by atoms with van der Waals surface area (Å²) in [5.41, 5.74) is 2.26. The number of ether oxygens (including phenoxy) is 1. The van der Waals surface area contributed by atoms with Crippen LogP contribution in [0.25, 0.3) is 22.4 Å². The number of esters is 1. The number of carbonyl (C=O) groups excluding carboxylic acids is 1. The van der Waals surface area contributed by atoms with E-state index in [0.29, 0.717) is 29.1 Å². The molecule has 1 saturated carbocycles. The second-order valence-electron chi connectivity index (χ2n) is 8.88. The molecule has 0 aliphatic heterocycles. The Morgan fingerprint density at radius 1 is 1.20 bits per heavy atom. The second-order valence-corrected chi connectivity index (χ2v) is 8.88. The number of imidazole rings is 1. The van der Waals surface area contributed by atoms with Gasteiger partial charge < -0.3 is 9.30 Å². The van der Waals surface area contributed by atoms with Gasteiger partial charge in [-0.2, -0.15) is 0 Å². The predicted molar refractivity (Wildman–Crippen MR) is 116 cm³/mol. The Bertz CT molecular complexity index is 1040. The molecule has 0 amide bonds. The van der Waals surface area contributed by atoms with Crippen LogP contribution in [0.2, 0.25) is 0 Å². The number of carbonyl (C=O) groups is 1. The Morgan fingerprint density at radius 3 is 2.77 bits per heavy atom. The van der Waals surface area contributed by atoms with E-state index in [2.05, 4.69) is 25.8 Å². The van der Waals surface area contributed by atoms with Crippen molar-refractivity contribution in [3.8, 4) is 11.4 Å². The molecule has 1 aromatic heterocycles. The van der Waals surface area contributed by atoms with Gasteiger partial charge in [0.1, 0.15) is 24.3 Å². The number of hydrogen-bond donors (Lipinski definition) is 0. The fourth-order valence-corrected chi connectivity index (χ4v) is 4.67. The van der Waals surface area contributed by atoms with Crippen molar-refractivity contribution in [2.45, 2.75) is 52.7 Å². The smallest absolute Gasteiger partial charge is 0.326 e. The minimum Gasteiger partial charge on any atom is -0.461 e. The summed E-state index contributed by atoms with van der Waals surface area (Å²) in [4.78, 5) is 17.7. The van der Waals surface area contributed by atoms with E-state index < -0.39 is 0 Å². The molecule has 5 heteroatoms. The van der Waals surface area contributed by atoms with Crippen LogP contribution in [-0.2, 0) is 16.1 Å². The van der Waals surface area contributed by atoms with Crippen LogP contribution in [0.1, 0.15) is 40.0 Å². The normalized spacial score (nSPS) is 21.8. The summed E-state index contributed by atoms with van der Waals surface area (Å²) in [7, 11) is 0. The first-order valence-corrected chi connectivity index (χ1v) is 10.8. The van der Waals surface area contributed by atoms with Gasteiger partial charge in [0.25, 0.3) is 0 Å². The quantitative estimate of drug-likeness (QED) is 0.498. The van der Waals surface area contributed by atoms with E-state index in [4.69, 9.17) is 4.74 Å². The first-order chi connectivity index (χ1) is 14.4. The lowest BCUT2D eigenvalue weighted by atomic mass is 9.75. The van der Waals surface area contributed by atoms with E-state index in [-0.39, 0.29) is 24.4 Å². The molecule has 30 heavy (non-hydrogen) atoms. The standard InChI is InChI=1S/C25H29FN2O2/c1-16(2)20-12-11-17(3)13-23(20)30-24(29)15-28-22-10-5-4-9-21(22)27-25(28)18-7-6-8-19(26)14-18/h4-10,14,16-17,20,23H,11-13,15H2,1-3H3/t17-,20?,23-/m1/s1. The highest BCUT2D eigenvalue weighted by Gasteiger charge is 2.33. The maximum absolute atomic E-state index is 13.8. The van der Waals surface area contributed by atoms with E-state index in [9.17, 15) is 9.18 Å². The topological polar surface area (TPSA) is 44.1 Å². The number of hydrogen-bond acceptors (Lipinski definition) is 3. The largest absolute Gasteiger partial charge is 0.461 e. The number of para-hydroxylation sites is 2. The maximum atomic E-state index is 13.8. The number of rotatable bonds is 5. The van der Waals surface area contributed by atoms with Crippen LogP contribution in [0.15, 0.2) is 48.5 Å². The van der Waals surface area contributed by atoms with Crippen LogP contribution in [0.5, 0.6) is 0 Å². The number of halogens is 1. The molecule has 158 valence electrons. The van der Waals surface area contributed by atoms with Crippen LogP contribution >= 0.6 is 0 Å². The molecule has 3 atom stereocenters. The van der Waals surface area contributed by atoms with Crippen molar-refractivity contribution in [2.24, 2.45) is 17.8 Å². The van der Waals surface area contributed by atoms with Crippen LogP contribution in [0, 0.1) is 23.6 Å². The summed E-state index contributed by atoms with van der Waals surface area (Å²) >= 11 is 0. The van der Waals surface area contributed by atoms with Crippen molar-refractivity contribution in [3.63, 3.8) is 0 Å². The van der Waals surface area contributed by atoms with Crippen LogP contribution < -0.4 is 0 Å². The molecule has 0 spiro atoms. The fourth-order valence-electron chi connectivity index (χ4n) is 4.67. The van der Waals surface area contributed by atoms with Gasteiger partial charge in [0, 0.05) is 5.56 Å². The highest BCUT2D eigenvalue weighted by atomic mass is 19.1. The van der Waals surface area contributed by atoms with E-state index in [1.807, 2.05) is 34.9 Å². The molecule has 0 saturated heterocycles. The lowest BCUT2D eigenvalue weighted by Gasteiger charge is -2.36. The fraction of sp³-hybridized carbons (Fsp3) is 0.440. The van der Waals surface area contributed by atoms with Gasteiger partial charge in [-0.1, -0.05) is 51.5 Å². The zero-order valence-electron chi connectivity index (χ0n) is 17.8. The van der Waals surface area contributed by atoms with Crippen molar-refractivity contribution in [1.82, 2.24) is 9.55 Å². The summed E-state index contributed by atoms with van der Waals surface area (Å²) in [6, 6.07) is 14.0. The number of aromatic nitrogens is 2. The first-order valence-electron chi connectivity index (χ1n) is 10.8. The molecule has 4 rings (SSSR count). The zero-order valence-corrected chi connectivity index (χ0v) is 17.8. The number of nitrogens with zero attached hydrogens (tertiary/aromatic N) is 2. The molecular formula is C25H29FN2O2. The number of benzene rings is 2. The van der Waals surface area contributed by atoms with E-state index in [1.54, 1.807) is 6.07 Å². The Morgan fingerprint density at radius 2 is 2.00 bits per heavy atom. The van der Waals surface area contributed by atoms with Gasteiger partial charge in [-0.3, -0.25) is 4.79 Å². The highest BCUT2D eigenvalue weighted by Crippen LogP contribution is 2.35.